The number of hydrogen-bond acceptors (Lipinski definition) is 3. The molecule has 0 heterocycles. The molecular formula is C15H19N3O. The van der Waals surface area contributed by atoms with Crippen LogP contribution in [0.3, 0.4) is 0 Å². The monoisotopic (exact) mass is 257 g/mol. The summed E-state index contributed by atoms with van der Waals surface area (Å²) in [6.45, 7) is 2.68. The van der Waals surface area contributed by atoms with Crippen LogP contribution >= 0.6 is 0 Å². The number of anilines is 1. The molecule has 0 bridgehead atoms. The summed E-state index contributed by atoms with van der Waals surface area (Å²) in [6.07, 6.45) is 3.56. The molecule has 2 N–H and O–H groups in total. The highest BCUT2D eigenvalue weighted by Gasteiger charge is 2.22. The highest BCUT2D eigenvalue weighted by Crippen LogP contribution is 2.20. The van der Waals surface area contributed by atoms with E-state index in [1.165, 1.54) is 0 Å². The van der Waals surface area contributed by atoms with Gasteiger partial charge in [-0.25, -0.2) is 0 Å². The number of carbonyl (C=O) groups is 1. The Morgan fingerprint density at radius 1 is 1.47 bits per heavy atom. The lowest BCUT2D eigenvalue weighted by atomic mass is 10.1. The number of aryl methyl sites for hydroxylation is 1. The average Bonchev–Trinajstić information content (AvgIpc) is 3.19. The molecule has 0 unspecified atom stereocenters. The summed E-state index contributed by atoms with van der Waals surface area (Å²) in [4.78, 5) is 11.5. The van der Waals surface area contributed by atoms with Crippen molar-refractivity contribution in [3.05, 3.63) is 29.3 Å². The number of benzene rings is 1. The molecule has 100 valence electrons. The summed E-state index contributed by atoms with van der Waals surface area (Å²) in [7, 11) is 0. The number of nitrogens with one attached hydrogen (secondary N) is 2. The van der Waals surface area contributed by atoms with Crippen molar-refractivity contribution in [1.29, 1.82) is 5.26 Å². The Kier molecular flexibility index (Phi) is 4.40. The largest absolute Gasteiger partial charge is 0.384 e. The van der Waals surface area contributed by atoms with Gasteiger partial charge in [0, 0.05) is 19.0 Å². The molecule has 0 spiro atoms. The number of nitrogens with zero attached hydrogens (tertiary/aromatic N) is 1. The van der Waals surface area contributed by atoms with E-state index in [0.717, 1.165) is 30.5 Å². The molecule has 1 aliphatic carbocycles. The van der Waals surface area contributed by atoms with Crippen molar-refractivity contribution in [3.63, 3.8) is 0 Å². The third-order valence-electron chi connectivity index (χ3n) is 3.22. The fourth-order valence-electron chi connectivity index (χ4n) is 1.99. The van der Waals surface area contributed by atoms with Gasteiger partial charge in [-0.05, 0) is 37.8 Å². The average molecular weight is 257 g/mol. The molecule has 1 saturated carbocycles. The minimum atomic E-state index is 0.134. The lowest BCUT2D eigenvalue weighted by Gasteiger charge is -2.11. The summed E-state index contributed by atoms with van der Waals surface area (Å²) in [6, 6.07) is 8.26. The van der Waals surface area contributed by atoms with Crippen LogP contribution in [0.2, 0.25) is 0 Å². The summed E-state index contributed by atoms with van der Waals surface area (Å²) in [5.74, 6) is 0.134. The second-order valence-electron chi connectivity index (χ2n) is 4.98. The molecule has 0 aliphatic heterocycles. The second-order valence-corrected chi connectivity index (χ2v) is 4.98. The van der Waals surface area contributed by atoms with E-state index in [0.29, 0.717) is 24.6 Å². The van der Waals surface area contributed by atoms with Gasteiger partial charge >= 0.3 is 0 Å². The molecule has 0 radical (unpaired) electrons. The Labute approximate surface area is 113 Å². The minimum absolute atomic E-state index is 0.134. The van der Waals surface area contributed by atoms with Crippen LogP contribution < -0.4 is 10.6 Å². The molecule has 1 aromatic carbocycles. The Hall–Kier alpha value is -2.02. The van der Waals surface area contributed by atoms with Crippen molar-refractivity contribution in [2.75, 3.05) is 11.9 Å². The normalized spacial score (nSPS) is 13.7. The number of nitriles is 1. The third-order valence-corrected chi connectivity index (χ3v) is 3.22. The zero-order chi connectivity index (χ0) is 13.7. The van der Waals surface area contributed by atoms with Crippen LogP contribution in [0.4, 0.5) is 5.69 Å². The Morgan fingerprint density at radius 3 is 2.95 bits per heavy atom. The van der Waals surface area contributed by atoms with Crippen molar-refractivity contribution in [2.45, 2.75) is 38.6 Å². The Balaban J connectivity index is 1.76. The molecule has 0 saturated heterocycles. The molecular weight excluding hydrogens is 238 g/mol. The highest BCUT2D eigenvalue weighted by molar-refractivity contribution is 5.76. The number of amides is 1. The van der Waals surface area contributed by atoms with Crippen LogP contribution in [0.5, 0.6) is 0 Å². The standard InChI is InChI=1S/C15H19N3O/c1-11-4-2-5-12(10-16)15(11)17-9-3-6-14(19)18-13-7-8-13/h2,4-5,13,17H,3,6-9H2,1H3,(H,18,19). The fraction of sp³-hybridized carbons (Fsp3) is 0.467. The van der Waals surface area contributed by atoms with Gasteiger partial charge in [-0.1, -0.05) is 12.1 Å². The van der Waals surface area contributed by atoms with E-state index >= 15 is 0 Å². The van der Waals surface area contributed by atoms with E-state index in [2.05, 4.69) is 16.7 Å². The van der Waals surface area contributed by atoms with Gasteiger partial charge in [-0.15, -0.1) is 0 Å². The maximum atomic E-state index is 11.5. The smallest absolute Gasteiger partial charge is 0.220 e. The number of para-hydroxylation sites is 1. The quantitative estimate of drug-likeness (QED) is 0.769. The van der Waals surface area contributed by atoms with Crippen molar-refractivity contribution in [2.24, 2.45) is 0 Å². The van der Waals surface area contributed by atoms with Crippen LogP contribution in [0.25, 0.3) is 0 Å². The van der Waals surface area contributed by atoms with Crippen molar-refractivity contribution < 1.29 is 4.79 Å². The van der Waals surface area contributed by atoms with Crippen LogP contribution in [0, 0.1) is 18.3 Å². The fourth-order valence-corrected chi connectivity index (χ4v) is 1.99. The molecule has 4 nitrogen and oxygen atoms in total. The van der Waals surface area contributed by atoms with Crippen LogP contribution in [0.15, 0.2) is 18.2 Å². The van der Waals surface area contributed by atoms with Gasteiger partial charge in [0.15, 0.2) is 0 Å². The molecule has 4 heteroatoms. The molecule has 1 aliphatic rings. The van der Waals surface area contributed by atoms with E-state index in [-0.39, 0.29) is 5.91 Å². The van der Waals surface area contributed by atoms with Gasteiger partial charge in [-0.3, -0.25) is 4.79 Å². The second kappa shape index (κ2) is 6.24. The lowest BCUT2D eigenvalue weighted by molar-refractivity contribution is -0.121. The van der Waals surface area contributed by atoms with Gasteiger partial charge in [0.1, 0.15) is 6.07 Å². The third kappa shape index (κ3) is 3.99. The maximum Gasteiger partial charge on any atom is 0.220 e. The number of rotatable bonds is 6. The van der Waals surface area contributed by atoms with Gasteiger partial charge in [0.05, 0.1) is 11.3 Å². The van der Waals surface area contributed by atoms with Crippen molar-refractivity contribution >= 4 is 11.6 Å². The maximum absolute atomic E-state index is 11.5. The molecule has 1 aromatic rings. The first-order chi connectivity index (χ1) is 9.20. The highest BCUT2D eigenvalue weighted by atomic mass is 16.1. The topological polar surface area (TPSA) is 64.9 Å². The summed E-state index contributed by atoms with van der Waals surface area (Å²) >= 11 is 0. The first-order valence-electron chi connectivity index (χ1n) is 6.73. The van der Waals surface area contributed by atoms with E-state index in [1.807, 2.05) is 19.1 Å². The van der Waals surface area contributed by atoms with Crippen molar-refractivity contribution in [3.8, 4) is 6.07 Å². The minimum Gasteiger partial charge on any atom is -0.384 e. The molecule has 1 amide bonds. The zero-order valence-corrected chi connectivity index (χ0v) is 11.2. The SMILES string of the molecule is Cc1cccc(C#N)c1NCCCC(=O)NC1CC1. The van der Waals surface area contributed by atoms with E-state index in [4.69, 9.17) is 5.26 Å². The number of carbonyl (C=O) groups excluding carboxylic acids is 1. The first kappa shape index (κ1) is 13.4. The Bertz CT molecular complexity index is 501. The molecule has 0 atom stereocenters. The number of hydrogen-bond donors (Lipinski definition) is 2. The summed E-state index contributed by atoms with van der Waals surface area (Å²) < 4.78 is 0. The van der Waals surface area contributed by atoms with Crippen LogP contribution in [-0.4, -0.2) is 18.5 Å². The van der Waals surface area contributed by atoms with Crippen LogP contribution in [0.1, 0.15) is 36.8 Å². The van der Waals surface area contributed by atoms with Gasteiger partial charge < -0.3 is 10.6 Å². The van der Waals surface area contributed by atoms with E-state index in [9.17, 15) is 4.79 Å². The molecule has 0 aromatic heterocycles. The molecule has 19 heavy (non-hydrogen) atoms. The Morgan fingerprint density at radius 2 is 2.26 bits per heavy atom. The molecule has 2 rings (SSSR count). The summed E-state index contributed by atoms with van der Waals surface area (Å²) in [5, 5.41) is 15.3. The van der Waals surface area contributed by atoms with Gasteiger partial charge in [0.2, 0.25) is 5.91 Å². The van der Waals surface area contributed by atoms with Crippen LogP contribution in [-0.2, 0) is 4.79 Å². The van der Waals surface area contributed by atoms with Gasteiger partial charge in [-0.2, -0.15) is 5.26 Å². The van der Waals surface area contributed by atoms with E-state index in [1.54, 1.807) is 6.07 Å². The van der Waals surface area contributed by atoms with E-state index < -0.39 is 0 Å². The molecule has 1 fully saturated rings. The lowest BCUT2D eigenvalue weighted by Crippen LogP contribution is -2.25. The first-order valence-corrected chi connectivity index (χ1v) is 6.73. The predicted octanol–water partition coefficient (Wildman–Crippen LogP) is 2.34. The summed E-state index contributed by atoms with van der Waals surface area (Å²) in [5.41, 5.74) is 2.59. The predicted molar refractivity (Wildman–Crippen MR) is 74.8 cm³/mol. The van der Waals surface area contributed by atoms with Crippen molar-refractivity contribution in [1.82, 2.24) is 5.32 Å². The zero-order valence-electron chi connectivity index (χ0n) is 11.2. The van der Waals surface area contributed by atoms with Gasteiger partial charge in [0.25, 0.3) is 0 Å².